The number of methoxy groups -OCH3 is 1. The number of aliphatic imine (C=N–C) groups is 1. The van der Waals surface area contributed by atoms with E-state index in [1.54, 1.807) is 19.2 Å². The number of nitrogens with one attached hydrogen (secondary N) is 2. The first-order valence-electron chi connectivity index (χ1n) is 8.72. The molecule has 0 amide bonds. The number of nitrogens with zero attached hydrogens (tertiary/aromatic N) is 1. The molecule has 2 aromatic rings. The molecule has 0 saturated heterocycles. The summed E-state index contributed by atoms with van der Waals surface area (Å²) in [6, 6.07) is 15.2. The largest absolute Gasteiger partial charge is 0.493 e. The zero-order chi connectivity index (χ0) is 19.5. The zero-order valence-electron chi connectivity index (χ0n) is 16.0. The van der Waals surface area contributed by atoms with Crippen molar-refractivity contribution in [1.29, 1.82) is 0 Å². The van der Waals surface area contributed by atoms with E-state index in [0.717, 1.165) is 18.5 Å². The summed E-state index contributed by atoms with van der Waals surface area (Å²) in [5.41, 5.74) is 2.11. The van der Waals surface area contributed by atoms with E-state index in [1.165, 1.54) is 12.7 Å². The maximum atomic E-state index is 12.5. The van der Waals surface area contributed by atoms with Gasteiger partial charge in [-0.1, -0.05) is 36.4 Å². The van der Waals surface area contributed by atoms with Gasteiger partial charge in [0.15, 0.2) is 17.5 Å². The molecule has 0 aromatic heterocycles. The predicted molar refractivity (Wildman–Crippen MR) is 118 cm³/mol. The molecular formula is C20H26F2IN3O2. The van der Waals surface area contributed by atoms with Crippen LogP contribution in [0.25, 0.3) is 0 Å². The first-order chi connectivity index (χ1) is 13.1. The third-order valence-corrected chi connectivity index (χ3v) is 3.92. The molecule has 0 spiro atoms. The third-order valence-electron chi connectivity index (χ3n) is 3.92. The van der Waals surface area contributed by atoms with Gasteiger partial charge < -0.3 is 20.1 Å². The second-order valence-corrected chi connectivity index (χ2v) is 5.78. The highest BCUT2D eigenvalue weighted by molar-refractivity contribution is 14.0. The van der Waals surface area contributed by atoms with Gasteiger partial charge in [-0.2, -0.15) is 8.78 Å². The van der Waals surface area contributed by atoms with Crippen molar-refractivity contribution in [2.24, 2.45) is 4.99 Å². The number of ether oxygens (including phenoxy) is 2. The van der Waals surface area contributed by atoms with Crippen LogP contribution in [0, 0.1) is 0 Å². The monoisotopic (exact) mass is 505 g/mol. The van der Waals surface area contributed by atoms with Crippen molar-refractivity contribution < 1.29 is 18.3 Å². The molecule has 8 heteroatoms. The number of hydrogen-bond donors (Lipinski definition) is 2. The summed E-state index contributed by atoms with van der Waals surface area (Å²) in [5.74, 6) is 1.02. The first-order valence-corrected chi connectivity index (χ1v) is 8.72. The summed E-state index contributed by atoms with van der Waals surface area (Å²) in [7, 11) is 3.12. The molecule has 0 bridgehead atoms. The Labute approximate surface area is 181 Å². The van der Waals surface area contributed by atoms with Crippen LogP contribution >= 0.6 is 24.0 Å². The van der Waals surface area contributed by atoms with E-state index in [2.05, 4.69) is 32.5 Å². The van der Waals surface area contributed by atoms with Crippen molar-refractivity contribution in [3.05, 3.63) is 59.7 Å². The molecule has 2 aromatic carbocycles. The molecule has 28 heavy (non-hydrogen) atoms. The van der Waals surface area contributed by atoms with Crippen LogP contribution in [0.2, 0.25) is 0 Å². The average Bonchev–Trinajstić information content (AvgIpc) is 2.67. The van der Waals surface area contributed by atoms with Crippen LogP contribution in [-0.2, 0) is 12.8 Å². The van der Waals surface area contributed by atoms with Gasteiger partial charge in [0, 0.05) is 20.1 Å². The van der Waals surface area contributed by atoms with E-state index >= 15 is 0 Å². The van der Waals surface area contributed by atoms with Gasteiger partial charge in [-0.15, -0.1) is 24.0 Å². The van der Waals surface area contributed by atoms with E-state index in [4.69, 9.17) is 4.74 Å². The van der Waals surface area contributed by atoms with Gasteiger partial charge in [-0.3, -0.25) is 4.99 Å². The third kappa shape index (κ3) is 8.28. The summed E-state index contributed by atoms with van der Waals surface area (Å²) in [5, 5.41) is 6.47. The lowest BCUT2D eigenvalue weighted by molar-refractivity contribution is -0.0512. The van der Waals surface area contributed by atoms with Crippen molar-refractivity contribution in [1.82, 2.24) is 10.6 Å². The summed E-state index contributed by atoms with van der Waals surface area (Å²) < 4.78 is 34.5. The molecule has 2 N–H and O–H groups in total. The van der Waals surface area contributed by atoms with E-state index < -0.39 is 6.61 Å². The smallest absolute Gasteiger partial charge is 0.387 e. The fraction of sp³-hybridized carbons (Fsp3) is 0.350. The maximum absolute atomic E-state index is 12.5. The minimum absolute atomic E-state index is 0. The highest BCUT2D eigenvalue weighted by atomic mass is 127. The lowest BCUT2D eigenvalue weighted by atomic mass is 10.1. The van der Waals surface area contributed by atoms with Crippen LogP contribution in [0.3, 0.4) is 0 Å². The standard InChI is InChI=1S/C20H25F2N3O2.HI/c1-23-20(24-12-10-15-6-4-3-5-7-15)25-13-11-16-8-9-17(26-2)18(14-16)27-19(21)22;/h3-9,14,19H,10-13H2,1-2H3,(H2,23,24,25);1H. The lowest BCUT2D eigenvalue weighted by Gasteiger charge is -2.13. The van der Waals surface area contributed by atoms with Gasteiger partial charge in [-0.05, 0) is 36.1 Å². The quantitative estimate of drug-likeness (QED) is 0.309. The second-order valence-electron chi connectivity index (χ2n) is 5.78. The molecular weight excluding hydrogens is 479 g/mol. The Bertz CT molecular complexity index is 731. The number of alkyl halides is 2. The van der Waals surface area contributed by atoms with E-state index in [1.807, 2.05) is 24.3 Å². The van der Waals surface area contributed by atoms with Crippen molar-refractivity contribution in [3.63, 3.8) is 0 Å². The van der Waals surface area contributed by atoms with Crippen molar-refractivity contribution in [2.45, 2.75) is 19.5 Å². The minimum Gasteiger partial charge on any atom is -0.493 e. The van der Waals surface area contributed by atoms with Gasteiger partial charge >= 0.3 is 6.61 Å². The highest BCUT2D eigenvalue weighted by Crippen LogP contribution is 2.29. The zero-order valence-corrected chi connectivity index (χ0v) is 18.3. The second kappa shape index (κ2) is 13.1. The van der Waals surface area contributed by atoms with Crippen LogP contribution in [0.15, 0.2) is 53.5 Å². The molecule has 0 aliphatic carbocycles. The molecule has 0 aliphatic rings. The Balaban J connectivity index is 0.00000392. The van der Waals surface area contributed by atoms with E-state index in [-0.39, 0.29) is 35.5 Å². The summed E-state index contributed by atoms with van der Waals surface area (Å²) >= 11 is 0. The van der Waals surface area contributed by atoms with Gasteiger partial charge in [0.2, 0.25) is 0 Å². The van der Waals surface area contributed by atoms with E-state index in [9.17, 15) is 8.78 Å². The molecule has 0 aliphatic heterocycles. The fourth-order valence-corrected chi connectivity index (χ4v) is 2.58. The van der Waals surface area contributed by atoms with Crippen LogP contribution in [0.4, 0.5) is 8.78 Å². The fourth-order valence-electron chi connectivity index (χ4n) is 2.58. The topological polar surface area (TPSA) is 54.9 Å². The summed E-state index contributed by atoms with van der Waals surface area (Å²) in [4.78, 5) is 4.19. The normalized spacial score (nSPS) is 11.0. The number of halogens is 3. The summed E-state index contributed by atoms with van der Waals surface area (Å²) in [6.07, 6.45) is 1.53. The van der Waals surface area contributed by atoms with Gasteiger partial charge in [0.25, 0.3) is 0 Å². The Kier molecular flexibility index (Phi) is 11.2. The Hall–Kier alpha value is -2.10. The minimum atomic E-state index is -2.89. The molecule has 5 nitrogen and oxygen atoms in total. The predicted octanol–water partition coefficient (Wildman–Crippen LogP) is 3.86. The maximum Gasteiger partial charge on any atom is 0.387 e. The van der Waals surface area contributed by atoms with Crippen LogP contribution in [0.1, 0.15) is 11.1 Å². The SMILES string of the molecule is CN=C(NCCc1ccccc1)NCCc1ccc(OC)c(OC(F)F)c1.I. The Morgan fingerprint density at radius 1 is 0.964 bits per heavy atom. The molecule has 2 rings (SSSR count). The first kappa shape index (κ1) is 23.9. The van der Waals surface area contributed by atoms with Crippen LogP contribution in [-0.4, -0.2) is 39.8 Å². The van der Waals surface area contributed by atoms with Crippen molar-refractivity contribution >= 4 is 29.9 Å². The Morgan fingerprint density at radius 3 is 2.18 bits per heavy atom. The molecule has 0 atom stereocenters. The number of hydrogen-bond acceptors (Lipinski definition) is 3. The molecule has 0 radical (unpaired) electrons. The molecule has 0 saturated carbocycles. The average molecular weight is 505 g/mol. The molecule has 0 unspecified atom stereocenters. The highest BCUT2D eigenvalue weighted by Gasteiger charge is 2.11. The Morgan fingerprint density at radius 2 is 1.61 bits per heavy atom. The number of rotatable bonds is 9. The number of benzene rings is 2. The van der Waals surface area contributed by atoms with Gasteiger partial charge in [-0.25, -0.2) is 0 Å². The molecule has 154 valence electrons. The number of guanidine groups is 1. The molecule has 0 heterocycles. The molecule has 0 fully saturated rings. The van der Waals surface area contributed by atoms with Gasteiger partial charge in [0.05, 0.1) is 7.11 Å². The van der Waals surface area contributed by atoms with Gasteiger partial charge in [0.1, 0.15) is 0 Å². The van der Waals surface area contributed by atoms with Crippen molar-refractivity contribution in [3.8, 4) is 11.5 Å². The van der Waals surface area contributed by atoms with Crippen LogP contribution < -0.4 is 20.1 Å². The van der Waals surface area contributed by atoms with E-state index in [0.29, 0.717) is 18.9 Å². The lowest BCUT2D eigenvalue weighted by Crippen LogP contribution is -2.39. The van der Waals surface area contributed by atoms with Crippen LogP contribution in [0.5, 0.6) is 11.5 Å². The van der Waals surface area contributed by atoms with Crippen molar-refractivity contribution in [2.75, 3.05) is 27.2 Å². The summed E-state index contributed by atoms with van der Waals surface area (Å²) in [6.45, 7) is -1.52.